The van der Waals surface area contributed by atoms with Crippen molar-refractivity contribution in [2.24, 2.45) is 0 Å². The molecule has 0 aromatic heterocycles. The molecule has 0 heterocycles. The molecule has 0 aliphatic heterocycles. The molecular formula is C16H17BrClNO. The van der Waals surface area contributed by atoms with Crippen molar-refractivity contribution in [3.05, 3.63) is 57.0 Å². The second-order valence-electron chi connectivity index (χ2n) is 4.70. The van der Waals surface area contributed by atoms with Crippen LogP contribution < -0.4 is 10.1 Å². The highest BCUT2D eigenvalue weighted by atomic mass is 79.9. The second-order valence-corrected chi connectivity index (χ2v) is 6.06. The van der Waals surface area contributed by atoms with Gasteiger partial charge < -0.3 is 10.1 Å². The predicted molar refractivity (Wildman–Crippen MR) is 87.9 cm³/mol. The van der Waals surface area contributed by atoms with Gasteiger partial charge in [-0.15, -0.1) is 0 Å². The summed E-state index contributed by atoms with van der Waals surface area (Å²) < 4.78 is 7.09. The topological polar surface area (TPSA) is 21.3 Å². The molecule has 0 amide bonds. The molecule has 2 rings (SSSR count). The normalized spacial score (nSPS) is 12.2. The predicted octanol–water partition coefficient (Wildman–Crippen LogP) is 5.48. The maximum absolute atomic E-state index is 6.05. The van der Waals surface area contributed by atoms with E-state index in [0.29, 0.717) is 0 Å². The molecule has 2 aromatic carbocycles. The Kier molecular flexibility index (Phi) is 5.08. The minimum absolute atomic E-state index is 0.204. The number of hydrogen-bond donors (Lipinski definition) is 1. The molecule has 4 heteroatoms. The van der Waals surface area contributed by atoms with E-state index in [1.807, 2.05) is 44.3 Å². The molecule has 20 heavy (non-hydrogen) atoms. The lowest BCUT2D eigenvalue weighted by molar-refractivity contribution is 0.463. The van der Waals surface area contributed by atoms with Gasteiger partial charge in [-0.3, -0.25) is 0 Å². The summed E-state index contributed by atoms with van der Waals surface area (Å²) in [6.45, 7) is 4.09. The van der Waals surface area contributed by atoms with Crippen LogP contribution in [0.1, 0.15) is 24.1 Å². The summed E-state index contributed by atoms with van der Waals surface area (Å²) in [5.74, 6) is 1.67. The van der Waals surface area contributed by atoms with E-state index in [0.717, 1.165) is 32.1 Å². The van der Waals surface area contributed by atoms with E-state index in [-0.39, 0.29) is 6.04 Å². The summed E-state index contributed by atoms with van der Waals surface area (Å²) in [5, 5.41) is 3.95. The number of rotatable bonds is 4. The molecule has 1 N–H and O–H groups in total. The monoisotopic (exact) mass is 353 g/mol. The highest BCUT2D eigenvalue weighted by molar-refractivity contribution is 9.10. The zero-order chi connectivity index (χ0) is 14.7. The molecule has 106 valence electrons. The zero-order valence-electron chi connectivity index (χ0n) is 11.7. The second kappa shape index (κ2) is 6.61. The maximum Gasteiger partial charge on any atom is 0.132 e. The lowest BCUT2D eigenvalue weighted by Gasteiger charge is -2.17. The van der Waals surface area contributed by atoms with Crippen LogP contribution in [-0.2, 0) is 0 Å². The summed E-state index contributed by atoms with van der Waals surface area (Å²) in [6.07, 6.45) is 0. The number of nitrogens with one attached hydrogen (secondary N) is 1. The van der Waals surface area contributed by atoms with E-state index in [9.17, 15) is 0 Å². The summed E-state index contributed by atoms with van der Waals surface area (Å²) >= 11 is 9.48. The molecule has 2 nitrogen and oxygen atoms in total. The lowest BCUT2D eigenvalue weighted by Crippen LogP contribution is -2.13. The Bertz CT molecular complexity index is 615. The minimum atomic E-state index is 0.204. The third-order valence-electron chi connectivity index (χ3n) is 3.23. The van der Waals surface area contributed by atoms with Crippen LogP contribution in [-0.4, -0.2) is 7.05 Å². The fourth-order valence-corrected chi connectivity index (χ4v) is 2.56. The molecular weight excluding hydrogens is 338 g/mol. The quantitative estimate of drug-likeness (QED) is 0.784. The van der Waals surface area contributed by atoms with E-state index in [1.165, 1.54) is 0 Å². The van der Waals surface area contributed by atoms with Crippen LogP contribution in [0.5, 0.6) is 11.5 Å². The molecule has 0 fully saturated rings. The molecule has 0 aliphatic carbocycles. The average Bonchev–Trinajstić information content (AvgIpc) is 2.42. The number of hydrogen-bond acceptors (Lipinski definition) is 2. The Balaban J connectivity index is 2.37. The van der Waals surface area contributed by atoms with E-state index < -0.39 is 0 Å². The van der Waals surface area contributed by atoms with Gasteiger partial charge in [0.15, 0.2) is 0 Å². The summed E-state index contributed by atoms with van der Waals surface area (Å²) in [6, 6.07) is 11.9. The number of ether oxygens (including phenoxy) is 1. The largest absolute Gasteiger partial charge is 0.457 e. The fourth-order valence-electron chi connectivity index (χ4n) is 1.95. The van der Waals surface area contributed by atoms with Crippen molar-refractivity contribution >= 4 is 27.5 Å². The molecule has 0 spiro atoms. The highest BCUT2D eigenvalue weighted by Crippen LogP contribution is 2.33. The van der Waals surface area contributed by atoms with Gasteiger partial charge in [0.25, 0.3) is 0 Å². The van der Waals surface area contributed by atoms with Crippen LogP contribution in [0.4, 0.5) is 0 Å². The van der Waals surface area contributed by atoms with Gasteiger partial charge in [-0.05, 0) is 62.9 Å². The van der Waals surface area contributed by atoms with Crippen LogP contribution in [0.25, 0.3) is 0 Å². The van der Waals surface area contributed by atoms with Crippen LogP contribution in [0.3, 0.4) is 0 Å². The third-order valence-corrected chi connectivity index (χ3v) is 3.96. The molecule has 1 atom stereocenters. The number of halogens is 2. The van der Waals surface area contributed by atoms with Crippen molar-refractivity contribution in [2.45, 2.75) is 19.9 Å². The standard InChI is InChI=1S/C16H17BrClNO/c1-10-8-13(18)5-7-15(10)20-16-6-4-12(17)9-14(16)11(2)19-3/h4-9,11,19H,1-3H3. The Labute approximate surface area is 133 Å². The van der Waals surface area contributed by atoms with Crippen molar-refractivity contribution in [3.63, 3.8) is 0 Å². The Morgan fingerprint density at radius 2 is 1.85 bits per heavy atom. The first kappa shape index (κ1) is 15.4. The molecule has 0 aliphatic rings. The molecule has 0 saturated carbocycles. The van der Waals surface area contributed by atoms with Crippen LogP contribution in [0.15, 0.2) is 40.9 Å². The zero-order valence-corrected chi connectivity index (χ0v) is 14.0. The molecule has 0 radical (unpaired) electrons. The molecule has 0 saturated heterocycles. The SMILES string of the molecule is CNC(C)c1cc(Br)ccc1Oc1ccc(Cl)cc1C. The first-order valence-electron chi connectivity index (χ1n) is 6.42. The maximum atomic E-state index is 6.05. The van der Waals surface area contributed by atoms with Gasteiger partial charge in [0.05, 0.1) is 0 Å². The lowest BCUT2D eigenvalue weighted by atomic mass is 10.1. The molecule has 1 unspecified atom stereocenters. The van der Waals surface area contributed by atoms with Crippen molar-refractivity contribution in [1.29, 1.82) is 0 Å². The van der Waals surface area contributed by atoms with Crippen LogP contribution >= 0.6 is 27.5 Å². The third kappa shape index (κ3) is 3.54. The van der Waals surface area contributed by atoms with Crippen molar-refractivity contribution < 1.29 is 4.74 Å². The summed E-state index contributed by atoms with van der Waals surface area (Å²) in [4.78, 5) is 0. The first-order valence-corrected chi connectivity index (χ1v) is 7.59. The molecule has 2 aromatic rings. The van der Waals surface area contributed by atoms with Crippen LogP contribution in [0, 0.1) is 6.92 Å². The van der Waals surface area contributed by atoms with Gasteiger partial charge >= 0.3 is 0 Å². The van der Waals surface area contributed by atoms with Gasteiger partial charge in [-0.2, -0.15) is 0 Å². The number of benzene rings is 2. The minimum Gasteiger partial charge on any atom is -0.457 e. The van der Waals surface area contributed by atoms with E-state index in [2.05, 4.69) is 34.2 Å². The van der Waals surface area contributed by atoms with Crippen LogP contribution in [0.2, 0.25) is 5.02 Å². The van der Waals surface area contributed by atoms with E-state index >= 15 is 0 Å². The van der Waals surface area contributed by atoms with E-state index in [4.69, 9.17) is 16.3 Å². The van der Waals surface area contributed by atoms with Crippen molar-refractivity contribution in [3.8, 4) is 11.5 Å². The first-order chi connectivity index (χ1) is 9.51. The Hall–Kier alpha value is -1.03. The van der Waals surface area contributed by atoms with Gasteiger partial charge in [0, 0.05) is 21.1 Å². The Morgan fingerprint density at radius 1 is 1.15 bits per heavy atom. The van der Waals surface area contributed by atoms with Crippen molar-refractivity contribution in [1.82, 2.24) is 5.32 Å². The summed E-state index contributed by atoms with van der Waals surface area (Å²) in [5.41, 5.74) is 2.12. The van der Waals surface area contributed by atoms with E-state index in [1.54, 1.807) is 0 Å². The van der Waals surface area contributed by atoms with Gasteiger partial charge in [0.1, 0.15) is 11.5 Å². The molecule has 0 bridgehead atoms. The highest BCUT2D eigenvalue weighted by Gasteiger charge is 2.12. The van der Waals surface area contributed by atoms with Crippen molar-refractivity contribution in [2.75, 3.05) is 7.05 Å². The smallest absolute Gasteiger partial charge is 0.132 e. The van der Waals surface area contributed by atoms with Gasteiger partial charge in [-0.1, -0.05) is 27.5 Å². The fraction of sp³-hybridized carbons (Fsp3) is 0.250. The average molecular weight is 355 g/mol. The summed E-state index contributed by atoms with van der Waals surface area (Å²) in [7, 11) is 1.93. The number of aryl methyl sites for hydroxylation is 1. The Morgan fingerprint density at radius 3 is 2.50 bits per heavy atom. The van der Waals surface area contributed by atoms with Gasteiger partial charge in [0.2, 0.25) is 0 Å². The van der Waals surface area contributed by atoms with Gasteiger partial charge in [-0.25, -0.2) is 0 Å².